The van der Waals surface area contributed by atoms with Gasteiger partial charge >= 0.3 is 11.9 Å². The monoisotopic (exact) mass is 691 g/mol. The summed E-state index contributed by atoms with van der Waals surface area (Å²) in [4.78, 5) is 58.1. The number of Topliss-reactive ketones (excluding diaryl/α,β-unsaturated/α-hetero) is 1. The Morgan fingerprint density at radius 2 is 1.79 bits per heavy atom. The van der Waals surface area contributed by atoms with E-state index in [1.165, 1.54) is 6.08 Å². The molecule has 4 unspecified atom stereocenters. The minimum absolute atomic E-state index is 0.0196. The molecule has 0 amide bonds. The van der Waals surface area contributed by atoms with E-state index < -0.39 is 100 Å². The van der Waals surface area contributed by atoms with Crippen molar-refractivity contribution in [2.45, 2.75) is 81.6 Å². The molecule has 0 heterocycles. The average Bonchev–Trinajstić information content (AvgIpc) is 3.19. The van der Waals surface area contributed by atoms with Crippen molar-refractivity contribution in [3.63, 3.8) is 0 Å². The molecule has 0 bridgehead atoms. The van der Waals surface area contributed by atoms with E-state index in [0.717, 1.165) is 5.57 Å². The summed E-state index contributed by atoms with van der Waals surface area (Å²) in [6, 6.07) is -1.58. The fourth-order valence-corrected chi connectivity index (χ4v) is 8.92. The van der Waals surface area contributed by atoms with Crippen molar-refractivity contribution in [3.05, 3.63) is 23.8 Å². The summed E-state index contributed by atoms with van der Waals surface area (Å²) in [5.41, 5.74) is 2.63. The molecular formula is C29H42ClN3O14. The molecule has 47 heavy (non-hydrogen) atoms. The second kappa shape index (κ2) is 13.9. The molecule has 0 aliphatic heterocycles. The van der Waals surface area contributed by atoms with E-state index >= 15 is 0 Å². The Hall–Kier alpha value is -2.39. The summed E-state index contributed by atoms with van der Waals surface area (Å²) in [5.74, 6) is -4.30. The van der Waals surface area contributed by atoms with Crippen LogP contribution in [-0.4, -0.2) is 114 Å². The Bertz CT molecular complexity index is 1310. The molecule has 10 atom stereocenters. The van der Waals surface area contributed by atoms with Gasteiger partial charge in [-0.25, -0.2) is 9.68 Å². The highest BCUT2D eigenvalue weighted by molar-refractivity contribution is 6.26. The number of halogens is 1. The molecule has 0 radical (unpaired) electrons. The molecule has 0 aromatic rings. The van der Waals surface area contributed by atoms with Gasteiger partial charge in [-0.1, -0.05) is 32.4 Å². The summed E-state index contributed by atoms with van der Waals surface area (Å²) in [6.45, 7) is 3.09. The standard InChI is InChI=1S/C29H42ClN3O14/c1-15-8-20-19-5-4-16-9-17(34)6-7-26(16,2)28(19,30)22(35)11-27(20,3)29(15,39)23(36)14-44-24(37)10-21(31)25(38)45-12-18(47-33(42)43)13-46-32(40)41/h6-7,9,15,18-22,35,39-43H,4-5,8,10-14,31H2,1-3H3/t15-,18?,19-,20?,21?,22-,26-,27-,28?,29-/m0/s1. The number of nitrogens with zero attached hydrogens (tertiary/aromatic N) is 2. The van der Waals surface area contributed by atoms with E-state index in [-0.39, 0.29) is 24.0 Å². The Kier molecular flexibility index (Phi) is 11.0. The van der Waals surface area contributed by atoms with Crippen LogP contribution in [-0.2, 0) is 38.3 Å². The summed E-state index contributed by atoms with van der Waals surface area (Å²) in [6.07, 6.45) is 2.96. The van der Waals surface area contributed by atoms with Crippen molar-refractivity contribution in [2.75, 3.05) is 19.8 Å². The van der Waals surface area contributed by atoms with Gasteiger partial charge in [0.1, 0.15) is 31.0 Å². The van der Waals surface area contributed by atoms with Crippen LogP contribution in [0.3, 0.4) is 0 Å². The number of aliphatic hydroxyl groups excluding tert-OH is 1. The number of hydrogen-bond acceptors (Lipinski definition) is 17. The lowest BCUT2D eigenvalue weighted by molar-refractivity contribution is -0.527. The number of ketones is 2. The van der Waals surface area contributed by atoms with Gasteiger partial charge < -0.3 is 25.4 Å². The van der Waals surface area contributed by atoms with E-state index in [1.807, 2.05) is 6.92 Å². The van der Waals surface area contributed by atoms with Gasteiger partial charge in [-0.15, -0.1) is 11.6 Å². The van der Waals surface area contributed by atoms with Crippen LogP contribution in [0.2, 0.25) is 0 Å². The molecule has 18 heteroatoms. The zero-order chi connectivity index (χ0) is 35.1. The number of carbonyl (C=O) groups is 4. The maximum atomic E-state index is 13.7. The summed E-state index contributed by atoms with van der Waals surface area (Å²) < 4.78 is 9.96. The minimum atomic E-state index is -1.99. The first-order valence-corrected chi connectivity index (χ1v) is 15.5. The molecule has 8 N–H and O–H groups in total. The topological polar surface area (TPSA) is 259 Å². The fourth-order valence-electron chi connectivity index (χ4n) is 8.39. The summed E-state index contributed by atoms with van der Waals surface area (Å²) in [7, 11) is 0. The number of hydrogen-bond donors (Lipinski definition) is 7. The average molecular weight is 692 g/mol. The third-order valence-electron chi connectivity index (χ3n) is 10.7. The third-order valence-corrected chi connectivity index (χ3v) is 11.7. The zero-order valence-electron chi connectivity index (χ0n) is 26.2. The Morgan fingerprint density at radius 3 is 2.43 bits per heavy atom. The van der Waals surface area contributed by atoms with Crippen molar-refractivity contribution < 1.29 is 69.4 Å². The number of rotatable bonds is 13. The lowest BCUT2D eigenvalue weighted by atomic mass is 9.45. The van der Waals surface area contributed by atoms with Gasteiger partial charge in [-0.2, -0.15) is 0 Å². The lowest BCUT2D eigenvalue weighted by Gasteiger charge is -2.63. The molecule has 3 fully saturated rings. The lowest BCUT2D eigenvalue weighted by Crippen LogP contribution is -2.69. The Labute approximate surface area is 274 Å². The highest BCUT2D eigenvalue weighted by Gasteiger charge is 2.74. The van der Waals surface area contributed by atoms with Crippen molar-refractivity contribution in [1.29, 1.82) is 0 Å². The van der Waals surface area contributed by atoms with Crippen molar-refractivity contribution in [2.24, 2.45) is 34.3 Å². The first kappa shape index (κ1) is 37.4. The van der Waals surface area contributed by atoms with Crippen LogP contribution in [0.1, 0.15) is 52.9 Å². The van der Waals surface area contributed by atoms with Crippen molar-refractivity contribution >= 4 is 35.1 Å². The molecular weight excluding hydrogens is 650 g/mol. The number of ether oxygens (including phenoxy) is 2. The molecule has 264 valence electrons. The molecule has 4 aliphatic rings. The minimum Gasteiger partial charge on any atom is -0.462 e. The first-order chi connectivity index (χ1) is 21.8. The van der Waals surface area contributed by atoms with Crippen molar-refractivity contribution in [1.82, 2.24) is 10.8 Å². The zero-order valence-corrected chi connectivity index (χ0v) is 26.9. The summed E-state index contributed by atoms with van der Waals surface area (Å²) >= 11 is 7.41. The van der Waals surface area contributed by atoms with Crippen molar-refractivity contribution in [3.8, 4) is 0 Å². The third kappa shape index (κ3) is 6.64. The van der Waals surface area contributed by atoms with E-state index in [4.69, 9.17) is 47.6 Å². The molecule has 3 saturated carbocycles. The summed E-state index contributed by atoms with van der Waals surface area (Å²) in [5, 5.41) is 57.1. The predicted octanol–water partition coefficient (Wildman–Crippen LogP) is 0.369. The quantitative estimate of drug-likeness (QED) is 0.0781. The maximum absolute atomic E-state index is 13.7. The van der Waals surface area contributed by atoms with Crippen LogP contribution in [0.4, 0.5) is 0 Å². The fraction of sp³-hybridized carbons (Fsp3) is 0.724. The normalized spacial score (nSPS) is 37.5. The Balaban J connectivity index is 1.39. The number of carbonyl (C=O) groups excluding carboxylic acids is 4. The molecule has 17 nitrogen and oxygen atoms in total. The van der Waals surface area contributed by atoms with E-state index in [9.17, 15) is 29.4 Å². The van der Waals surface area contributed by atoms with E-state index in [0.29, 0.717) is 19.3 Å². The predicted molar refractivity (Wildman–Crippen MR) is 154 cm³/mol. The SMILES string of the molecule is C[C@H]1CC2[C@@H]3CCC4=CC(=O)C=C[C@]4(C)C3(Cl)[C@@H](O)C[C@]2(C)[C@@]1(O)C(=O)COC(=O)CC(N)C(=O)OCC(CON(O)O)ON(O)O. The van der Waals surface area contributed by atoms with Gasteiger partial charge in [0.15, 0.2) is 12.4 Å². The number of allylic oxidation sites excluding steroid dienone is 4. The highest BCUT2D eigenvalue weighted by atomic mass is 35.5. The molecule has 0 spiro atoms. The number of esters is 2. The molecule has 0 aromatic heterocycles. The maximum Gasteiger partial charge on any atom is 0.323 e. The van der Waals surface area contributed by atoms with Crippen LogP contribution in [0.5, 0.6) is 0 Å². The Morgan fingerprint density at radius 1 is 1.11 bits per heavy atom. The van der Waals surface area contributed by atoms with Gasteiger partial charge in [0.2, 0.25) is 5.78 Å². The van der Waals surface area contributed by atoms with Crippen LogP contribution >= 0.6 is 11.6 Å². The van der Waals surface area contributed by atoms with Gasteiger partial charge in [0, 0.05) is 10.8 Å². The number of nitrogens with two attached hydrogens (primary N) is 1. The van der Waals surface area contributed by atoms with Crippen LogP contribution in [0.15, 0.2) is 23.8 Å². The highest BCUT2D eigenvalue weighted by Crippen LogP contribution is 2.71. The molecule has 4 aliphatic carbocycles. The second-order valence-corrected chi connectivity index (χ2v) is 13.8. The van der Waals surface area contributed by atoms with Gasteiger partial charge in [0.05, 0.1) is 28.2 Å². The van der Waals surface area contributed by atoms with E-state index in [2.05, 4.69) is 9.68 Å². The van der Waals surface area contributed by atoms with Crippen LogP contribution in [0.25, 0.3) is 0 Å². The van der Waals surface area contributed by atoms with E-state index in [1.54, 1.807) is 26.0 Å². The molecule has 0 saturated heterocycles. The molecule has 0 aromatic carbocycles. The van der Waals surface area contributed by atoms with Gasteiger partial charge in [-0.05, 0) is 55.6 Å². The number of aliphatic hydroxyl groups is 2. The van der Waals surface area contributed by atoms with Gasteiger partial charge in [-0.3, -0.25) is 40.0 Å². The first-order valence-electron chi connectivity index (χ1n) is 15.1. The number of fused-ring (bicyclic) bond motifs is 5. The van der Waals surface area contributed by atoms with Crippen LogP contribution in [0, 0.1) is 28.6 Å². The number of alkyl halides is 1. The van der Waals surface area contributed by atoms with Gasteiger partial charge in [0.25, 0.3) is 0 Å². The smallest absolute Gasteiger partial charge is 0.323 e. The largest absolute Gasteiger partial charge is 0.462 e. The molecule has 4 rings (SSSR count). The second-order valence-electron chi connectivity index (χ2n) is 13.2. The van der Waals surface area contributed by atoms with Crippen LogP contribution < -0.4 is 5.73 Å².